The number of nitrogens with zero attached hydrogens (tertiary/aromatic N) is 1. The molecule has 2 N–H and O–H groups in total. The molecule has 0 saturated carbocycles. The summed E-state index contributed by atoms with van der Waals surface area (Å²) in [5.41, 5.74) is 0.230. The average Bonchev–Trinajstić information content (AvgIpc) is 2.84. The molecule has 4 nitrogen and oxygen atoms in total. The van der Waals surface area contributed by atoms with Crippen LogP contribution in [0.2, 0.25) is 0 Å². The van der Waals surface area contributed by atoms with Crippen LogP contribution in [0.1, 0.15) is 16.1 Å². The van der Waals surface area contributed by atoms with Crippen molar-refractivity contribution in [2.24, 2.45) is 0 Å². The van der Waals surface area contributed by atoms with Gasteiger partial charge in [0.1, 0.15) is 23.4 Å². The number of H-pyrrole nitrogens is 1. The zero-order valence-corrected chi connectivity index (χ0v) is 10.9. The molecule has 7 heteroatoms. The molecule has 0 saturated heterocycles. The van der Waals surface area contributed by atoms with Crippen LogP contribution in [0.15, 0.2) is 28.9 Å². The Morgan fingerprint density at radius 3 is 2.68 bits per heavy atom. The van der Waals surface area contributed by atoms with E-state index in [-0.39, 0.29) is 21.4 Å². The molecular weight excluding hydrogens is 320 g/mol. The number of amides is 1. The van der Waals surface area contributed by atoms with Crippen LogP contribution < -0.4 is 5.32 Å². The number of rotatable bonds is 2. The van der Waals surface area contributed by atoms with Crippen LogP contribution >= 0.6 is 15.9 Å². The van der Waals surface area contributed by atoms with E-state index in [2.05, 4.69) is 26.2 Å². The second kappa shape index (κ2) is 5.20. The van der Waals surface area contributed by atoms with Crippen molar-refractivity contribution < 1.29 is 13.6 Å². The average molecular weight is 326 g/mol. The lowest BCUT2D eigenvalue weighted by molar-refractivity contribution is 0.102. The van der Waals surface area contributed by atoms with Crippen LogP contribution in [0.3, 0.4) is 0 Å². The largest absolute Gasteiger partial charge is 0.356 e. The minimum Gasteiger partial charge on any atom is -0.356 e. The second-order valence-electron chi connectivity index (χ2n) is 3.61. The zero-order valence-electron chi connectivity index (χ0n) is 9.30. The van der Waals surface area contributed by atoms with E-state index in [1.54, 1.807) is 0 Å². The van der Waals surface area contributed by atoms with E-state index in [0.29, 0.717) is 6.07 Å². The Hall–Kier alpha value is -2.20. The van der Waals surface area contributed by atoms with Crippen molar-refractivity contribution in [3.63, 3.8) is 0 Å². The summed E-state index contributed by atoms with van der Waals surface area (Å²) in [6, 6.07) is 4.96. The maximum absolute atomic E-state index is 13.4. The number of halogens is 3. The summed E-state index contributed by atoms with van der Waals surface area (Å²) < 4.78 is 26.5. The molecule has 96 valence electrons. The molecule has 1 amide bonds. The summed E-state index contributed by atoms with van der Waals surface area (Å²) >= 11 is 2.90. The molecule has 0 aliphatic heterocycles. The van der Waals surface area contributed by atoms with Gasteiger partial charge in [-0.25, -0.2) is 8.78 Å². The van der Waals surface area contributed by atoms with Gasteiger partial charge in [-0.2, -0.15) is 5.26 Å². The minimum absolute atomic E-state index is 0.0356. The molecule has 0 spiro atoms. The first-order chi connectivity index (χ1) is 9.01. The first-order valence-electron chi connectivity index (χ1n) is 5.05. The number of aromatic amines is 1. The van der Waals surface area contributed by atoms with Gasteiger partial charge in [-0.15, -0.1) is 0 Å². The van der Waals surface area contributed by atoms with E-state index >= 15 is 0 Å². The zero-order chi connectivity index (χ0) is 14.0. The molecule has 0 radical (unpaired) electrons. The number of aromatic nitrogens is 1. The van der Waals surface area contributed by atoms with Crippen LogP contribution in [0.5, 0.6) is 0 Å². The quantitative estimate of drug-likeness (QED) is 0.832. The third-order valence-electron chi connectivity index (χ3n) is 2.31. The van der Waals surface area contributed by atoms with E-state index in [4.69, 9.17) is 5.26 Å². The highest BCUT2D eigenvalue weighted by molar-refractivity contribution is 9.10. The molecule has 0 atom stereocenters. The number of nitriles is 1. The minimum atomic E-state index is -0.888. The summed E-state index contributed by atoms with van der Waals surface area (Å²) in [5, 5.41) is 10.9. The Labute approximate surface area is 115 Å². The predicted octanol–water partition coefficient (Wildman–Crippen LogP) is 3.18. The molecule has 1 heterocycles. The fourth-order valence-corrected chi connectivity index (χ4v) is 1.74. The number of carbonyl (C=O) groups is 1. The van der Waals surface area contributed by atoms with E-state index in [1.807, 2.05) is 6.07 Å². The molecule has 2 rings (SSSR count). The molecule has 1 aromatic carbocycles. The van der Waals surface area contributed by atoms with Gasteiger partial charge in [0.05, 0.1) is 15.7 Å². The Kier molecular flexibility index (Phi) is 3.62. The third-order valence-corrected chi connectivity index (χ3v) is 2.92. The molecule has 0 unspecified atom stereocenters. The number of hydrogen-bond acceptors (Lipinski definition) is 2. The Bertz CT molecular complexity index is 691. The highest BCUT2D eigenvalue weighted by Crippen LogP contribution is 2.24. The van der Waals surface area contributed by atoms with Crippen molar-refractivity contribution >= 4 is 27.5 Å². The Morgan fingerprint density at radius 1 is 1.32 bits per heavy atom. The lowest BCUT2D eigenvalue weighted by atomic mass is 10.2. The fourth-order valence-electron chi connectivity index (χ4n) is 1.40. The van der Waals surface area contributed by atoms with Gasteiger partial charge in [0.2, 0.25) is 0 Å². The molecule has 0 bridgehead atoms. The number of anilines is 1. The predicted molar refractivity (Wildman–Crippen MR) is 67.5 cm³/mol. The van der Waals surface area contributed by atoms with Crippen molar-refractivity contribution in [2.45, 2.75) is 0 Å². The number of benzene rings is 1. The van der Waals surface area contributed by atoms with Crippen molar-refractivity contribution in [1.82, 2.24) is 4.98 Å². The molecule has 0 fully saturated rings. The molecular formula is C12H6BrF2N3O. The first kappa shape index (κ1) is 13.2. The van der Waals surface area contributed by atoms with Crippen molar-refractivity contribution in [3.05, 3.63) is 51.8 Å². The molecule has 1 aromatic heterocycles. The summed E-state index contributed by atoms with van der Waals surface area (Å²) in [5.74, 6) is -2.28. The fraction of sp³-hybridized carbons (Fsp3) is 0. The molecule has 0 aliphatic carbocycles. The van der Waals surface area contributed by atoms with Crippen LogP contribution in [0.25, 0.3) is 0 Å². The van der Waals surface area contributed by atoms with Crippen LogP contribution in [0, 0.1) is 23.0 Å². The second-order valence-corrected chi connectivity index (χ2v) is 4.47. The van der Waals surface area contributed by atoms with Gasteiger partial charge in [-0.3, -0.25) is 4.79 Å². The summed E-state index contributed by atoms with van der Waals surface area (Å²) in [6.07, 6.45) is 1.35. The number of hydrogen-bond donors (Lipinski definition) is 2. The van der Waals surface area contributed by atoms with Gasteiger partial charge in [-0.05, 0) is 28.1 Å². The lowest BCUT2D eigenvalue weighted by Crippen LogP contribution is -2.13. The smallest absolute Gasteiger partial charge is 0.272 e. The van der Waals surface area contributed by atoms with E-state index in [0.717, 1.165) is 6.07 Å². The van der Waals surface area contributed by atoms with Gasteiger partial charge in [0.15, 0.2) is 0 Å². The Morgan fingerprint density at radius 2 is 2.05 bits per heavy atom. The maximum atomic E-state index is 13.4. The van der Waals surface area contributed by atoms with Gasteiger partial charge in [-0.1, -0.05) is 0 Å². The molecule has 19 heavy (non-hydrogen) atoms. The highest BCUT2D eigenvalue weighted by atomic mass is 79.9. The Balaban J connectivity index is 2.24. The monoisotopic (exact) mass is 325 g/mol. The standard InChI is InChI=1S/C12H6BrF2N3O/c13-7-2-10(9(15)3-8(7)14)18-12(19)11-1-6(4-16)5-17-11/h1-3,5,17H,(H,18,19). The highest BCUT2D eigenvalue weighted by Gasteiger charge is 2.13. The topological polar surface area (TPSA) is 68.7 Å². The lowest BCUT2D eigenvalue weighted by Gasteiger charge is -2.06. The van der Waals surface area contributed by atoms with Gasteiger partial charge >= 0.3 is 0 Å². The van der Waals surface area contributed by atoms with Crippen LogP contribution in [-0.4, -0.2) is 10.9 Å². The van der Waals surface area contributed by atoms with Gasteiger partial charge < -0.3 is 10.3 Å². The summed E-state index contributed by atoms with van der Waals surface area (Å²) in [6.45, 7) is 0. The SMILES string of the molecule is N#Cc1c[nH]c(C(=O)Nc2cc(Br)c(F)cc2F)c1. The van der Waals surface area contributed by atoms with E-state index in [1.165, 1.54) is 12.3 Å². The number of nitrogens with one attached hydrogen (secondary N) is 2. The van der Waals surface area contributed by atoms with Crippen molar-refractivity contribution in [3.8, 4) is 6.07 Å². The normalized spacial score (nSPS) is 10.0. The first-order valence-corrected chi connectivity index (χ1v) is 5.85. The van der Waals surface area contributed by atoms with Crippen LogP contribution in [-0.2, 0) is 0 Å². The molecule has 0 aliphatic rings. The van der Waals surface area contributed by atoms with Gasteiger partial charge in [0.25, 0.3) is 5.91 Å². The maximum Gasteiger partial charge on any atom is 0.272 e. The number of carbonyl (C=O) groups excluding carboxylic acids is 1. The summed E-state index contributed by atoms with van der Waals surface area (Å²) in [7, 11) is 0. The van der Waals surface area contributed by atoms with Gasteiger partial charge in [0, 0.05) is 12.3 Å². The third kappa shape index (κ3) is 2.80. The van der Waals surface area contributed by atoms with E-state index in [9.17, 15) is 13.6 Å². The molecule has 2 aromatic rings. The van der Waals surface area contributed by atoms with Crippen LogP contribution in [0.4, 0.5) is 14.5 Å². The van der Waals surface area contributed by atoms with Crippen molar-refractivity contribution in [2.75, 3.05) is 5.32 Å². The van der Waals surface area contributed by atoms with E-state index < -0.39 is 17.5 Å². The van der Waals surface area contributed by atoms with Crippen molar-refractivity contribution in [1.29, 1.82) is 5.26 Å². The summed E-state index contributed by atoms with van der Waals surface area (Å²) in [4.78, 5) is 14.3.